The summed E-state index contributed by atoms with van der Waals surface area (Å²) in [6, 6.07) is 1.88. The Morgan fingerprint density at radius 1 is 1.19 bits per heavy atom. The maximum absolute atomic E-state index is 13.2. The quantitative estimate of drug-likeness (QED) is 0.769. The second-order valence-corrected chi connectivity index (χ2v) is 5.88. The molecular weight excluding hydrogens is 279 g/mol. The van der Waals surface area contributed by atoms with Crippen LogP contribution in [0.3, 0.4) is 0 Å². The highest BCUT2D eigenvalue weighted by Gasteiger charge is 2.40. The molecule has 0 aromatic heterocycles. The molecular formula is C16H20F3NO. The zero-order chi connectivity index (χ0) is 15.6. The van der Waals surface area contributed by atoms with Crippen molar-refractivity contribution >= 4 is 5.91 Å². The number of benzene rings is 1. The number of rotatable bonds is 4. The van der Waals surface area contributed by atoms with Crippen molar-refractivity contribution in [1.29, 1.82) is 0 Å². The normalized spacial score (nSPS) is 17.0. The summed E-state index contributed by atoms with van der Waals surface area (Å²) in [7, 11) is 1.62. The highest BCUT2D eigenvalue weighted by molar-refractivity contribution is 5.82. The Balaban J connectivity index is 2.14. The lowest BCUT2D eigenvalue weighted by atomic mass is 9.82. The molecule has 0 unspecified atom stereocenters. The van der Waals surface area contributed by atoms with Crippen molar-refractivity contribution in [3.05, 3.63) is 35.1 Å². The van der Waals surface area contributed by atoms with Crippen LogP contribution in [-0.2, 0) is 11.3 Å². The van der Waals surface area contributed by atoms with Gasteiger partial charge in [-0.3, -0.25) is 4.79 Å². The lowest BCUT2D eigenvalue weighted by molar-refractivity contribution is -0.141. The van der Waals surface area contributed by atoms with Crippen molar-refractivity contribution < 1.29 is 18.0 Å². The predicted octanol–water partition coefficient (Wildman–Crippen LogP) is 4.03. The summed E-state index contributed by atoms with van der Waals surface area (Å²) in [6.45, 7) is 2.07. The van der Waals surface area contributed by atoms with Crippen LogP contribution in [0.25, 0.3) is 0 Å². The summed E-state index contributed by atoms with van der Waals surface area (Å²) in [5.41, 5.74) is -0.0854. The van der Waals surface area contributed by atoms with Gasteiger partial charge in [-0.2, -0.15) is 0 Å². The van der Waals surface area contributed by atoms with Crippen molar-refractivity contribution in [3.8, 4) is 0 Å². The Hall–Kier alpha value is -1.52. The monoisotopic (exact) mass is 299 g/mol. The third kappa shape index (κ3) is 3.06. The molecule has 0 heterocycles. The van der Waals surface area contributed by atoms with Gasteiger partial charge in [-0.1, -0.05) is 19.8 Å². The van der Waals surface area contributed by atoms with Gasteiger partial charge in [0.05, 0.1) is 0 Å². The first-order chi connectivity index (χ1) is 9.89. The number of carbonyl (C=O) groups excluding carboxylic acids is 1. The number of hydrogen-bond donors (Lipinski definition) is 0. The van der Waals surface area contributed by atoms with E-state index < -0.39 is 17.5 Å². The molecule has 1 aromatic rings. The van der Waals surface area contributed by atoms with Crippen LogP contribution in [0.5, 0.6) is 0 Å². The van der Waals surface area contributed by atoms with Gasteiger partial charge < -0.3 is 4.90 Å². The standard InChI is InChI=1S/C16H20F3NO/c1-3-16(6-4-5-7-16)15(21)20(2)10-11-8-12(17)14(19)13(18)9-11/h8-9H,3-7,10H2,1-2H3. The number of nitrogens with zero attached hydrogens (tertiary/aromatic N) is 1. The molecule has 1 amide bonds. The van der Waals surface area contributed by atoms with Crippen LogP contribution < -0.4 is 0 Å². The first-order valence-electron chi connectivity index (χ1n) is 7.28. The minimum absolute atomic E-state index is 0.00708. The number of carbonyl (C=O) groups is 1. The molecule has 2 rings (SSSR count). The molecule has 0 atom stereocenters. The van der Waals surface area contributed by atoms with Crippen molar-refractivity contribution in [3.63, 3.8) is 0 Å². The molecule has 2 nitrogen and oxygen atoms in total. The minimum Gasteiger partial charge on any atom is -0.341 e. The summed E-state index contributed by atoms with van der Waals surface area (Å²) in [5.74, 6) is -3.92. The first kappa shape index (κ1) is 15.9. The summed E-state index contributed by atoms with van der Waals surface area (Å²) in [4.78, 5) is 14.1. The van der Waals surface area contributed by atoms with Gasteiger partial charge in [-0.15, -0.1) is 0 Å². The van der Waals surface area contributed by atoms with Gasteiger partial charge in [-0.25, -0.2) is 13.2 Å². The average molecular weight is 299 g/mol. The van der Waals surface area contributed by atoms with Gasteiger partial charge in [0.25, 0.3) is 0 Å². The largest absolute Gasteiger partial charge is 0.341 e. The molecule has 1 aliphatic carbocycles. The van der Waals surface area contributed by atoms with Crippen LogP contribution in [0.1, 0.15) is 44.6 Å². The van der Waals surface area contributed by atoms with E-state index in [1.165, 1.54) is 4.90 Å². The fraction of sp³-hybridized carbons (Fsp3) is 0.562. The molecule has 1 fully saturated rings. The molecule has 0 aliphatic heterocycles. The van der Waals surface area contributed by atoms with Gasteiger partial charge in [-0.05, 0) is 37.0 Å². The molecule has 0 spiro atoms. The topological polar surface area (TPSA) is 20.3 Å². The third-order valence-corrected chi connectivity index (χ3v) is 4.50. The van der Waals surface area contributed by atoms with E-state index >= 15 is 0 Å². The van der Waals surface area contributed by atoms with Crippen LogP contribution in [-0.4, -0.2) is 17.9 Å². The first-order valence-corrected chi connectivity index (χ1v) is 7.28. The predicted molar refractivity (Wildman–Crippen MR) is 74.0 cm³/mol. The molecule has 0 bridgehead atoms. The smallest absolute Gasteiger partial charge is 0.228 e. The Morgan fingerprint density at radius 3 is 2.19 bits per heavy atom. The van der Waals surface area contributed by atoms with Crippen molar-refractivity contribution in [2.75, 3.05) is 7.05 Å². The fourth-order valence-electron chi connectivity index (χ4n) is 3.22. The maximum atomic E-state index is 13.2. The third-order valence-electron chi connectivity index (χ3n) is 4.50. The SMILES string of the molecule is CCC1(C(=O)N(C)Cc2cc(F)c(F)c(F)c2)CCCC1. The Morgan fingerprint density at radius 2 is 1.71 bits per heavy atom. The molecule has 5 heteroatoms. The van der Waals surface area contributed by atoms with E-state index in [4.69, 9.17) is 0 Å². The van der Waals surface area contributed by atoms with Crippen LogP contribution >= 0.6 is 0 Å². The van der Waals surface area contributed by atoms with Crippen molar-refractivity contribution in [2.24, 2.45) is 5.41 Å². The van der Waals surface area contributed by atoms with E-state index in [9.17, 15) is 18.0 Å². The molecule has 0 saturated heterocycles. The summed E-state index contributed by atoms with van der Waals surface area (Å²) < 4.78 is 39.4. The van der Waals surface area contributed by atoms with E-state index in [-0.39, 0.29) is 23.4 Å². The lowest BCUT2D eigenvalue weighted by Gasteiger charge is -2.31. The minimum atomic E-state index is -1.48. The molecule has 21 heavy (non-hydrogen) atoms. The van der Waals surface area contributed by atoms with E-state index in [1.807, 2.05) is 6.92 Å². The van der Waals surface area contributed by atoms with Crippen LogP contribution in [0.4, 0.5) is 13.2 Å². The second kappa shape index (κ2) is 6.08. The summed E-state index contributed by atoms with van der Waals surface area (Å²) in [5, 5.41) is 0. The average Bonchev–Trinajstić information content (AvgIpc) is 2.93. The van der Waals surface area contributed by atoms with Gasteiger partial charge in [0.2, 0.25) is 5.91 Å². The number of halogens is 3. The fourth-order valence-corrected chi connectivity index (χ4v) is 3.22. The number of hydrogen-bond acceptors (Lipinski definition) is 1. The van der Waals surface area contributed by atoms with Crippen LogP contribution in [0, 0.1) is 22.9 Å². The molecule has 1 aliphatic rings. The Bertz CT molecular complexity index is 515. The summed E-state index contributed by atoms with van der Waals surface area (Å²) in [6.07, 6.45) is 4.56. The second-order valence-electron chi connectivity index (χ2n) is 5.88. The highest BCUT2D eigenvalue weighted by atomic mass is 19.2. The van der Waals surface area contributed by atoms with Crippen LogP contribution in [0.15, 0.2) is 12.1 Å². The molecule has 1 aromatic carbocycles. The highest BCUT2D eigenvalue weighted by Crippen LogP contribution is 2.42. The van der Waals surface area contributed by atoms with Gasteiger partial charge in [0, 0.05) is 19.0 Å². The van der Waals surface area contributed by atoms with Crippen LogP contribution in [0.2, 0.25) is 0 Å². The molecule has 0 N–H and O–H groups in total. The van der Waals surface area contributed by atoms with Crippen molar-refractivity contribution in [2.45, 2.75) is 45.6 Å². The number of amides is 1. The maximum Gasteiger partial charge on any atom is 0.228 e. The Labute approximate surface area is 122 Å². The molecule has 1 saturated carbocycles. The van der Waals surface area contributed by atoms with Crippen molar-refractivity contribution in [1.82, 2.24) is 4.90 Å². The van der Waals surface area contributed by atoms with Gasteiger partial charge in [0.15, 0.2) is 17.5 Å². The van der Waals surface area contributed by atoms with E-state index in [1.54, 1.807) is 7.05 Å². The lowest BCUT2D eigenvalue weighted by Crippen LogP contribution is -2.39. The Kier molecular flexibility index (Phi) is 4.59. The van der Waals surface area contributed by atoms with E-state index in [2.05, 4.69) is 0 Å². The van der Waals surface area contributed by atoms with E-state index in [0.717, 1.165) is 44.2 Å². The molecule has 0 radical (unpaired) electrons. The summed E-state index contributed by atoms with van der Waals surface area (Å²) >= 11 is 0. The zero-order valence-corrected chi connectivity index (χ0v) is 12.4. The molecule has 116 valence electrons. The van der Waals surface area contributed by atoms with Gasteiger partial charge in [0.1, 0.15) is 0 Å². The van der Waals surface area contributed by atoms with E-state index in [0.29, 0.717) is 0 Å². The van der Waals surface area contributed by atoms with Gasteiger partial charge >= 0.3 is 0 Å². The zero-order valence-electron chi connectivity index (χ0n) is 12.4.